The van der Waals surface area contributed by atoms with E-state index >= 15 is 0 Å². The Balaban J connectivity index is 1.24. The number of anilines is 1. The van der Waals surface area contributed by atoms with Gasteiger partial charge in [-0.25, -0.2) is 4.79 Å². The lowest BCUT2D eigenvalue weighted by molar-refractivity contribution is -0.117. The average Bonchev–Trinajstić information content (AvgIpc) is 3.15. The van der Waals surface area contributed by atoms with Crippen molar-refractivity contribution in [1.82, 2.24) is 20.9 Å². The number of ether oxygens (including phenoxy) is 1. The van der Waals surface area contributed by atoms with Crippen LogP contribution >= 0.6 is 11.8 Å². The molecule has 4 atom stereocenters. The molecule has 4 unspecified atom stereocenters. The molecule has 0 radical (unpaired) electrons. The molecule has 8 nitrogen and oxygen atoms in total. The van der Waals surface area contributed by atoms with Crippen LogP contribution in [0.2, 0.25) is 0 Å². The summed E-state index contributed by atoms with van der Waals surface area (Å²) in [4.78, 5) is 31.9. The molecule has 0 saturated carbocycles. The summed E-state index contributed by atoms with van der Waals surface area (Å²) in [5, 5.41) is 10.0. The molecule has 4 heterocycles. The fraction of sp³-hybridized carbons (Fsp3) is 0.448. The van der Waals surface area contributed by atoms with Crippen LogP contribution in [0.3, 0.4) is 0 Å². The van der Waals surface area contributed by atoms with E-state index in [1.54, 1.807) is 11.8 Å². The third-order valence-corrected chi connectivity index (χ3v) is 9.32. The summed E-state index contributed by atoms with van der Waals surface area (Å²) in [7, 11) is 2.11. The van der Waals surface area contributed by atoms with Crippen LogP contribution in [0.15, 0.2) is 59.1 Å². The number of nitrogens with zero attached hydrogens (tertiary/aromatic N) is 2. The topological polar surface area (TPSA) is 85.9 Å². The van der Waals surface area contributed by atoms with Crippen LogP contribution in [0.4, 0.5) is 10.5 Å². The quantitative estimate of drug-likeness (QED) is 0.535. The number of piperidine rings is 1. The molecule has 9 heteroatoms. The molecule has 2 aromatic carbocycles. The van der Waals surface area contributed by atoms with Gasteiger partial charge in [0.1, 0.15) is 11.5 Å². The first kappa shape index (κ1) is 25.3. The number of nitrogens with one attached hydrogen (secondary N) is 3. The number of likely N-dealkylation sites (N-methyl/N-ethyl adjacent to an activating group) is 1. The van der Waals surface area contributed by atoms with E-state index in [4.69, 9.17) is 4.74 Å². The van der Waals surface area contributed by atoms with Crippen LogP contribution < -0.4 is 25.6 Å². The van der Waals surface area contributed by atoms with Gasteiger partial charge >= 0.3 is 6.03 Å². The van der Waals surface area contributed by atoms with E-state index in [0.29, 0.717) is 4.91 Å². The number of hydrogen-bond acceptors (Lipinski definition) is 6. The van der Waals surface area contributed by atoms with Crippen molar-refractivity contribution in [3.63, 3.8) is 0 Å². The average molecular weight is 534 g/mol. The Morgan fingerprint density at radius 1 is 1.11 bits per heavy atom. The lowest BCUT2D eigenvalue weighted by Gasteiger charge is -2.46. The van der Waals surface area contributed by atoms with Crippen LogP contribution in [-0.4, -0.2) is 61.0 Å². The highest BCUT2D eigenvalue weighted by molar-refractivity contribution is 8.04. The zero-order valence-corrected chi connectivity index (χ0v) is 22.7. The van der Waals surface area contributed by atoms with Crippen molar-refractivity contribution >= 4 is 29.4 Å². The third kappa shape index (κ3) is 4.90. The predicted molar refractivity (Wildman–Crippen MR) is 150 cm³/mol. The lowest BCUT2D eigenvalue weighted by atomic mass is 9.86. The minimum atomic E-state index is -0.177. The van der Waals surface area contributed by atoms with E-state index in [0.717, 1.165) is 73.8 Å². The number of hydrogen-bond donors (Lipinski definition) is 3. The molecule has 3 fully saturated rings. The lowest BCUT2D eigenvalue weighted by Crippen LogP contribution is -2.62. The Bertz CT molecular complexity index is 1250. The van der Waals surface area contributed by atoms with E-state index in [1.165, 1.54) is 0 Å². The van der Waals surface area contributed by atoms with Gasteiger partial charge in [0, 0.05) is 29.9 Å². The van der Waals surface area contributed by atoms with Crippen molar-refractivity contribution in [2.24, 2.45) is 5.92 Å². The predicted octanol–water partition coefficient (Wildman–Crippen LogP) is 4.18. The molecule has 3 N–H and O–H groups in total. The van der Waals surface area contributed by atoms with Gasteiger partial charge < -0.3 is 25.6 Å². The second-order valence-electron chi connectivity index (χ2n) is 10.7. The molecular weight excluding hydrogens is 498 g/mol. The van der Waals surface area contributed by atoms with E-state index in [1.807, 2.05) is 60.4 Å². The Hall–Kier alpha value is -3.01. The van der Waals surface area contributed by atoms with Crippen LogP contribution in [0.5, 0.6) is 11.5 Å². The summed E-state index contributed by atoms with van der Waals surface area (Å²) in [5.41, 5.74) is 2.62. The van der Waals surface area contributed by atoms with Crippen molar-refractivity contribution in [3.8, 4) is 11.5 Å². The number of aryl methyl sites for hydroxylation is 1. The third-order valence-electron chi connectivity index (χ3n) is 7.96. The normalized spacial score (nSPS) is 27.4. The SMILES string of the molecule is Cc1cc(Oc2ccccc2)ccc1N1C(=O)NC2=C(C(=O)NC3CCCCN(C)C3)SC3NCCC1C23. The molecule has 2 aromatic rings. The van der Waals surface area contributed by atoms with Gasteiger partial charge in [0.2, 0.25) is 0 Å². The van der Waals surface area contributed by atoms with Crippen LogP contribution in [0.25, 0.3) is 0 Å². The minimum Gasteiger partial charge on any atom is -0.457 e. The Labute approximate surface area is 228 Å². The van der Waals surface area contributed by atoms with Crippen molar-refractivity contribution in [3.05, 3.63) is 64.7 Å². The molecule has 3 amide bonds. The Morgan fingerprint density at radius 2 is 1.95 bits per heavy atom. The van der Waals surface area contributed by atoms with Crippen LogP contribution in [-0.2, 0) is 4.79 Å². The van der Waals surface area contributed by atoms with Crippen molar-refractivity contribution < 1.29 is 14.3 Å². The number of para-hydroxylation sites is 1. The van der Waals surface area contributed by atoms with E-state index in [9.17, 15) is 9.59 Å². The monoisotopic (exact) mass is 533 g/mol. The van der Waals surface area contributed by atoms with Crippen molar-refractivity contribution in [2.75, 3.05) is 31.6 Å². The molecule has 3 saturated heterocycles. The van der Waals surface area contributed by atoms with Crippen molar-refractivity contribution in [1.29, 1.82) is 0 Å². The maximum Gasteiger partial charge on any atom is 0.326 e. The molecular formula is C29H35N5O3S. The molecule has 200 valence electrons. The van der Waals surface area contributed by atoms with E-state index in [-0.39, 0.29) is 35.3 Å². The molecule has 0 spiro atoms. The van der Waals surface area contributed by atoms with Gasteiger partial charge in [-0.1, -0.05) is 36.4 Å². The highest BCUT2D eigenvalue weighted by atomic mass is 32.2. The zero-order chi connectivity index (χ0) is 26.2. The van der Waals surface area contributed by atoms with Gasteiger partial charge in [-0.05, 0) is 82.2 Å². The number of rotatable bonds is 5. The highest BCUT2D eigenvalue weighted by Gasteiger charge is 2.52. The summed E-state index contributed by atoms with van der Waals surface area (Å²) in [6.07, 6.45) is 4.08. The Morgan fingerprint density at radius 3 is 2.76 bits per heavy atom. The molecule has 38 heavy (non-hydrogen) atoms. The van der Waals surface area contributed by atoms with Gasteiger partial charge in [-0.2, -0.15) is 0 Å². The first-order valence-corrected chi connectivity index (χ1v) is 14.4. The number of thioether (sulfide) groups is 1. The zero-order valence-electron chi connectivity index (χ0n) is 21.9. The maximum atomic E-state index is 13.6. The molecule has 4 aliphatic heterocycles. The van der Waals surface area contributed by atoms with Gasteiger partial charge in [0.25, 0.3) is 5.91 Å². The molecule has 4 aliphatic rings. The van der Waals surface area contributed by atoms with Gasteiger partial charge in [-0.3, -0.25) is 9.69 Å². The fourth-order valence-electron chi connectivity index (χ4n) is 6.19. The van der Waals surface area contributed by atoms with E-state index < -0.39 is 0 Å². The number of likely N-dealkylation sites (tertiary alicyclic amines) is 1. The van der Waals surface area contributed by atoms with Crippen molar-refractivity contribution in [2.45, 2.75) is 50.1 Å². The van der Waals surface area contributed by atoms with E-state index in [2.05, 4.69) is 27.9 Å². The fourth-order valence-corrected chi connectivity index (χ4v) is 7.59. The summed E-state index contributed by atoms with van der Waals surface area (Å²) < 4.78 is 6.01. The second kappa shape index (κ2) is 10.6. The van der Waals surface area contributed by atoms with Gasteiger partial charge in [0.15, 0.2) is 0 Å². The maximum absolute atomic E-state index is 13.6. The van der Waals surface area contributed by atoms with Gasteiger partial charge in [0.05, 0.1) is 16.3 Å². The number of amides is 3. The number of carbonyl (C=O) groups excluding carboxylic acids is 2. The van der Waals surface area contributed by atoms with Gasteiger partial charge in [-0.15, -0.1) is 0 Å². The summed E-state index contributed by atoms with van der Waals surface area (Å²) in [6.45, 7) is 4.73. The van der Waals surface area contributed by atoms with Crippen LogP contribution in [0, 0.1) is 12.8 Å². The molecule has 6 rings (SSSR count). The number of benzene rings is 2. The first-order chi connectivity index (χ1) is 18.5. The first-order valence-electron chi connectivity index (χ1n) is 13.6. The standard InChI is InChI=1S/C29H35N5O3S/c1-18-16-21(37-20-9-4-3-5-10-20)11-12-22(18)34-23-13-14-30-28-24(23)25(32-29(34)36)26(38-28)27(35)31-19-8-6-7-15-33(2)17-19/h3-5,9-12,16,19,23-24,28,30H,6-8,13-15,17H2,1-2H3,(H,31,35)(H,32,36). The highest BCUT2D eigenvalue weighted by Crippen LogP contribution is 2.48. The molecule has 0 aromatic heterocycles. The summed E-state index contributed by atoms with van der Waals surface area (Å²) >= 11 is 1.56. The van der Waals surface area contributed by atoms with Crippen LogP contribution in [0.1, 0.15) is 31.2 Å². The number of urea groups is 1. The minimum absolute atomic E-state index is 0.0218. The largest absolute Gasteiger partial charge is 0.457 e. The smallest absolute Gasteiger partial charge is 0.326 e. The second-order valence-corrected chi connectivity index (χ2v) is 11.9. The summed E-state index contributed by atoms with van der Waals surface area (Å²) in [6, 6.07) is 15.5. The summed E-state index contributed by atoms with van der Waals surface area (Å²) in [5.74, 6) is 1.48. The number of carbonyl (C=O) groups is 2. The molecule has 0 aliphatic carbocycles. The molecule has 0 bridgehead atoms. The Kier molecular flexibility index (Phi) is 7.07.